The van der Waals surface area contributed by atoms with Crippen molar-refractivity contribution in [3.8, 4) is 16.9 Å². The van der Waals surface area contributed by atoms with Crippen molar-refractivity contribution >= 4 is 17.2 Å². The van der Waals surface area contributed by atoms with E-state index in [1.165, 1.54) is 28.8 Å². The molecule has 7 nitrogen and oxygen atoms in total. The SMILES string of the molecule is COc1ccc(-c2c(C(=O)Nc3ccccc3F)nn3c(C)cc(=O)[nH]c23)cc1. The van der Waals surface area contributed by atoms with E-state index < -0.39 is 11.7 Å². The number of hydrogen-bond donors (Lipinski definition) is 2. The Hall–Kier alpha value is -3.94. The van der Waals surface area contributed by atoms with Gasteiger partial charge < -0.3 is 15.0 Å². The molecule has 4 rings (SSSR count). The number of nitrogens with zero attached hydrogens (tertiary/aromatic N) is 2. The summed E-state index contributed by atoms with van der Waals surface area (Å²) < 4.78 is 20.7. The molecular formula is C21H17FN4O3. The number of H-pyrrole nitrogens is 1. The molecule has 4 aromatic rings. The largest absolute Gasteiger partial charge is 0.497 e. The van der Waals surface area contributed by atoms with Gasteiger partial charge in [0, 0.05) is 11.8 Å². The van der Waals surface area contributed by atoms with E-state index in [0.717, 1.165) is 0 Å². The van der Waals surface area contributed by atoms with Gasteiger partial charge in [-0.15, -0.1) is 0 Å². The number of rotatable bonds is 4. The van der Waals surface area contributed by atoms with Crippen molar-refractivity contribution in [2.45, 2.75) is 6.92 Å². The first-order valence-corrected chi connectivity index (χ1v) is 8.81. The summed E-state index contributed by atoms with van der Waals surface area (Å²) in [5.74, 6) is -0.502. The van der Waals surface area contributed by atoms with Gasteiger partial charge >= 0.3 is 0 Å². The summed E-state index contributed by atoms with van der Waals surface area (Å²) >= 11 is 0. The van der Waals surface area contributed by atoms with Crippen LogP contribution in [-0.4, -0.2) is 27.6 Å². The van der Waals surface area contributed by atoms with Crippen molar-refractivity contribution in [1.29, 1.82) is 0 Å². The molecule has 2 N–H and O–H groups in total. The molecule has 0 saturated carbocycles. The third-order valence-corrected chi connectivity index (χ3v) is 4.52. The third kappa shape index (κ3) is 3.36. The predicted molar refractivity (Wildman–Crippen MR) is 107 cm³/mol. The van der Waals surface area contributed by atoms with Crippen LogP contribution in [0.1, 0.15) is 16.2 Å². The van der Waals surface area contributed by atoms with E-state index in [0.29, 0.717) is 28.2 Å². The van der Waals surface area contributed by atoms with Gasteiger partial charge in [0.05, 0.1) is 18.4 Å². The van der Waals surface area contributed by atoms with Gasteiger partial charge in [0.2, 0.25) is 0 Å². The Balaban J connectivity index is 1.90. The van der Waals surface area contributed by atoms with Crippen LogP contribution in [0.5, 0.6) is 5.75 Å². The lowest BCUT2D eigenvalue weighted by Crippen LogP contribution is -2.15. The molecule has 0 atom stereocenters. The lowest BCUT2D eigenvalue weighted by molar-refractivity contribution is 0.102. The Morgan fingerprint density at radius 2 is 1.90 bits per heavy atom. The molecule has 29 heavy (non-hydrogen) atoms. The summed E-state index contributed by atoms with van der Waals surface area (Å²) in [6.07, 6.45) is 0. The molecule has 8 heteroatoms. The Bertz CT molecular complexity index is 1280. The summed E-state index contributed by atoms with van der Waals surface area (Å²) in [5.41, 5.74) is 1.81. The smallest absolute Gasteiger partial charge is 0.276 e. The van der Waals surface area contributed by atoms with Crippen molar-refractivity contribution in [2.24, 2.45) is 0 Å². The fraction of sp³-hybridized carbons (Fsp3) is 0.0952. The highest BCUT2D eigenvalue weighted by Crippen LogP contribution is 2.30. The first-order chi connectivity index (χ1) is 14.0. The summed E-state index contributed by atoms with van der Waals surface area (Å²) in [5, 5.41) is 6.93. The number of fused-ring (bicyclic) bond motifs is 1. The number of ether oxygens (including phenoxy) is 1. The van der Waals surface area contributed by atoms with Gasteiger partial charge in [-0.3, -0.25) is 9.59 Å². The van der Waals surface area contributed by atoms with E-state index in [-0.39, 0.29) is 16.9 Å². The number of amides is 1. The van der Waals surface area contributed by atoms with Crippen molar-refractivity contribution in [3.05, 3.63) is 82.2 Å². The zero-order valence-corrected chi connectivity index (χ0v) is 15.7. The van der Waals surface area contributed by atoms with E-state index in [4.69, 9.17) is 4.74 Å². The Morgan fingerprint density at radius 3 is 2.59 bits per heavy atom. The Kier molecular flexibility index (Phi) is 4.59. The summed E-state index contributed by atoms with van der Waals surface area (Å²) in [6.45, 7) is 1.71. The van der Waals surface area contributed by atoms with Crippen LogP contribution in [0.15, 0.2) is 59.4 Å². The fourth-order valence-corrected chi connectivity index (χ4v) is 3.13. The molecule has 2 aromatic heterocycles. The molecular weight excluding hydrogens is 375 g/mol. The van der Waals surface area contributed by atoms with Crippen LogP contribution in [0.4, 0.5) is 10.1 Å². The maximum absolute atomic E-state index is 14.0. The van der Waals surface area contributed by atoms with Gasteiger partial charge in [-0.2, -0.15) is 5.10 Å². The standard InChI is InChI=1S/C21H17FN4O3/c1-12-11-17(27)24-20-18(13-7-9-14(29-2)10-8-13)19(25-26(12)20)21(28)23-16-6-4-3-5-15(16)22/h3-11H,1-2H3,(H,23,28)(H,24,27). The molecule has 2 aromatic carbocycles. The van der Waals surface area contributed by atoms with Gasteiger partial charge in [0.15, 0.2) is 5.69 Å². The van der Waals surface area contributed by atoms with Crippen molar-refractivity contribution in [1.82, 2.24) is 14.6 Å². The number of carbonyl (C=O) groups excluding carboxylic acids is 1. The average molecular weight is 392 g/mol. The number of anilines is 1. The van der Waals surface area contributed by atoms with Crippen LogP contribution in [0, 0.1) is 12.7 Å². The minimum absolute atomic E-state index is 0.0421. The van der Waals surface area contributed by atoms with E-state index in [1.807, 2.05) is 0 Å². The molecule has 1 amide bonds. The molecule has 0 spiro atoms. The van der Waals surface area contributed by atoms with Gasteiger partial charge in [0.1, 0.15) is 17.2 Å². The monoisotopic (exact) mass is 392 g/mol. The van der Waals surface area contributed by atoms with Crippen molar-refractivity contribution in [2.75, 3.05) is 12.4 Å². The Labute approximate surface area is 164 Å². The minimum atomic E-state index is -0.593. The van der Waals surface area contributed by atoms with Crippen LogP contribution >= 0.6 is 0 Å². The number of halogens is 1. The number of para-hydroxylation sites is 1. The fourth-order valence-electron chi connectivity index (χ4n) is 3.13. The van der Waals surface area contributed by atoms with E-state index in [2.05, 4.69) is 15.4 Å². The molecule has 0 fully saturated rings. The van der Waals surface area contributed by atoms with Crippen LogP contribution in [0.2, 0.25) is 0 Å². The van der Waals surface area contributed by atoms with Crippen molar-refractivity contribution in [3.63, 3.8) is 0 Å². The second-order valence-corrected chi connectivity index (χ2v) is 6.42. The first-order valence-electron chi connectivity index (χ1n) is 8.81. The van der Waals surface area contributed by atoms with Gasteiger partial charge in [0.25, 0.3) is 11.5 Å². The van der Waals surface area contributed by atoms with Crippen molar-refractivity contribution < 1.29 is 13.9 Å². The van der Waals surface area contributed by atoms with E-state index in [9.17, 15) is 14.0 Å². The lowest BCUT2D eigenvalue weighted by atomic mass is 10.0. The third-order valence-electron chi connectivity index (χ3n) is 4.52. The maximum Gasteiger partial charge on any atom is 0.276 e. The second-order valence-electron chi connectivity index (χ2n) is 6.42. The van der Waals surface area contributed by atoms with E-state index >= 15 is 0 Å². The van der Waals surface area contributed by atoms with Crippen LogP contribution in [0.25, 0.3) is 16.8 Å². The second kappa shape index (κ2) is 7.23. The van der Waals surface area contributed by atoms with Crippen LogP contribution in [0.3, 0.4) is 0 Å². The molecule has 0 aliphatic rings. The zero-order valence-electron chi connectivity index (χ0n) is 15.7. The molecule has 0 radical (unpaired) electrons. The maximum atomic E-state index is 14.0. The highest BCUT2D eigenvalue weighted by molar-refractivity contribution is 6.09. The number of hydrogen-bond acceptors (Lipinski definition) is 4. The zero-order chi connectivity index (χ0) is 20.5. The number of carbonyl (C=O) groups is 1. The predicted octanol–water partition coefficient (Wildman–Crippen LogP) is 3.40. The topological polar surface area (TPSA) is 88.5 Å². The number of aromatic amines is 1. The normalized spacial score (nSPS) is 10.9. The van der Waals surface area contributed by atoms with E-state index in [1.54, 1.807) is 44.4 Å². The average Bonchev–Trinajstić information content (AvgIpc) is 3.09. The van der Waals surface area contributed by atoms with Crippen LogP contribution in [-0.2, 0) is 0 Å². The quantitative estimate of drug-likeness (QED) is 0.557. The van der Waals surface area contributed by atoms with Crippen LogP contribution < -0.4 is 15.6 Å². The molecule has 2 heterocycles. The van der Waals surface area contributed by atoms with Gasteiger partial charge in [-0.05, 0) is 36.8 Å². The van der Waals surface area contributed by atoms with Gasteiger partial charge in [-0.25, -0.2) is 8.91 Å². The highest BCUT2D eigenvalue weighted by Gasteiger charge is 2.23. The first kappa shape index (κ1) is 18.4. The lowest BCUT2D eigenvalue weighted by Gasteiger charge is -2.07. The number of aryl methyl sites for hydroxylation is 1. The molecule has 0 unspecified atom stereocenters. The number of aromatic nitrogens is 3. The number of nitrogens with one attached hydrogen (secondary N) is 2. The summed E-state index contributed by atoms with van der Waals surface area (Å²) in [6, 6.07) is 14.3. The summed E-state index contributed by atoms with van der Waals surface area (Å²) in [4.78, 5) is 27.8. The molecule has 0 bridgehead atoms. The summed E-state index contributed by atoms with van der Waals surface area (Å²) in [7, 11) is 1.55. The molecule has 0 aliphatic carbocycles. The van der Waals surface area contributed by atoms with Gasteiger partial charge in [-0.1, -0.05) is 24.3 Å². The highest BCUT2D eigenvalue weighted by atomic mass is 19.1. The molecule has 146 valence electrons. The molecule has 0 saturated heterocycles. The number of methoxy groups -OCH3 is 1. The Morgan fingerprint density at radius 1 is 1.17 bits per heavy atom. The number of benzene rings is 2. The minimum Gasteiger partial charge on any atom is -0.497 e. The molecule has 0 aliphatic heterocycles.